The summed E-state index contributed by atoms with van der Waals surface area (Å²) in [6, 6.07) is 8.94. The third-order valence-corrected chi connectivity index (χ3v) is 4.34. The van der Waals surface area contributed by atoms with Gasteiger partial charge in [-0.3, -0.25) is 0 Å². The van der Waals surface area contributed by atoms with Gasteiger partial charge in [-0.1, -0.05) is 44.0 Å². The Hall–Kier alpha value is -0.860. The van der Waals surface area contributed by atoms with Gasteiger partial charge in [0.2, 0.25) is 0 Å². The quantitative estimate of drug-likeness (QED) is 0.819. The zero-order chi connectivity index (χ0) is 13.5. The minimum Gasteiger partial charge on any atom is -0.392 e. The van der Waals surface area contributed by atoms with Crippen LogP contribution in [0.5, 0.6) is 0 Å². The highest BCUT2D eigenvalue weighted by Crippen LogP contribution is 2.27. The molecule has 0 amide bonds. The smallest absolute Gasteiger partial charge is 0.0681 e. The van der Waals surface area contributed by atoms with Crippen LogP contribution in [0.4, 0.5) is 0 Å². The van der Waals surface area contributed by atoms with E-state index in [1.54, 1.807) is 0 Å². The first-order chi connectivity index (χ1) is 9.31. The molecule has 1 aromatic rings. The van der Waals surface area contributed by atoms with Crippen LogP contribution < -0.4 is 5.32 Å². The Balaban J connectivity index is 1.71. The van der Waals surface area contributed by atoms with E-state index < -0.39 is 0 Å². The summed E-state index contributed by atoms with van der Waals surface area (Å²) >= 11 is 0. The maximum Gasteiger partial charge on any atom is 0.0681 e. The highest BCUT2D eigenvalue weighted by Gasteiger charge is 2.19. The summed E-state index contributed by atoms with van der Waals surface area (Å²) in [6.07, 6.45) is 8.21. The average molecular weight is 261 g/mol. The van der Waals surface area contributed by atoms with Crippen molar-refractivity contribution in [3.8, 4) is 0 Å². The van der Waals surface area contributed by atoms with Crippen LogP contribution >= 0.6 is 0 Å². The van der Waals surface area contributed by atoms with Crippen molar-refractivity contribution in [3.05, 3.63) is 35.4 Å². The molecule has 0 aliphatic heterocycles. The third kappa shape index (κ3) is 4.63. The first-order valence-corrected chi connectivity index (χ1v) is 7.74. The van der Waals surface area contributed by atoms with Gasteiger partial charge in [0.15, 0.2) is 0 Å². The molecule has 0 bridgehead atoms. The van der Waals surface area contributed by atoms with E-state index in [1.165, 1.54) is 44.1 Å². The van der Waals surface area contributed by atoms with Gasteiger partial charge in [-0.25, -0.2) is 0 Å². The van der Waals surface area contributed by atoms with Gasteiger partial charge in [0.05, 0.1) is 6.61 Å². The highest BCUT2D eigenvalue weighted by molar-refractivity contribution is 5.21. The minimum absolute atomic E-state index is 0.134. The molecule has 2 N–H and O–H groups in total. The van der Waals surface area contributed by atoms with Gasteiger partial charge in [0, 0.05) is 12.6 Å². The molecule has 0 atom stereocenters. The third-order valence-electron chi connectivity index (χ3n) is 4.34. The van der Waals surface area contributed by atoms with Gasteiger partial charge in [-0.2, -0.15) is 0 Å². The second-order valence-electron chi connectivity index (χ2n) is 5.86. The number of rotatable bonds is 6. The van der Waals surface area contributed by atoms with Gasteiger partial charge >= 0.3 is 0 Å². The van der Waals surface area contributed by atoms with Crippen molar-refractivity contribution in [3.63, 3.8) is 0 Å². The van der Waals surface area contributed by atoms with Gasteiger partial charge < -0.3 is 10.4 Å². The Labute approximate surface area is 117 Å². The molecule has 2 nitrogen and oxygen atoms in total. The van der Waals surface area contributed by atoms with Gasteiger partial charge in [-0.05, 0) is 42.7 Å². The summed E-state index contributed by atoms with van der Waals surface area (Å²) in [7, 11) is 0. The second kappa shape index (κ2) is 7.66. The average Bonchev–Trinajstić information content (AvgIpc) is 2.47. The molecular formula is C17H27NO. The van der Waals surface area contributed by atoms with Crippen molar-refractivity contribution in [2.24, 2.45) is 5.92 Å². The number of hydrogen-bond donors (Lipinski definition) is 2. The normalized spacial score (nSPS) is 23.5. The Bertz CT molecular complexity index is 352. The lowest BCUT2D eigenvalue weighted by molar-refractivity contribution is 0.277. The summed E-state index contributed by atoms with van der Waals surface area (Å²) in [5.74, 6) is 0.979. The van der Waals surface area contributed by atoms with E-state index in [0.29, 0.717) is 6.04 Å². The van der Waals surface area contributed by atoms with Crippen molar-refractivity contribution in [2.75, 3.05) is 0 Å². The lowest BCUT2D eigenvalue weighted by atomic mass is 9.83. The summed E-state index contributed by atoms with van der Waals surface area (Å²) in [4.78, 5) is 0. The fraction of sp³-hybridized carbons (Fsp3) is 0.647. The Kier molecular flexibility index (Phi) is 5.87. The summed E-state index contributed by atoms with van der Waals surface area (Å²) < 4.78 is 0. The second-order valence-corrected chi connectivity index (χ2v) is 5.86. The van der Waals surface area contributed by atoms with Crippen LogP contribution in [0, 0.1) is 5.92 Å². The van der Waals surface area contributed by atoms with Crippen molar-refractivity contribution < 1.29 is 5.11 Å². The molecule has 0 aromatic heterocycles. The maximum atomic E-state index is 9.02. The van der Waals surface area contributed by atoms with E-state index in [2.05, 4.69) is 24.4 Å². The fourth-order valence-corrected chi connectivity index (χ4v) is 3.09. The SMILES string of the molecule is CCCC1CCC(NCc2ccc(CO)cc2)CC1. The van der Waals surface area contributed by atoms with Gasteiger partial charge in [0.1, 0.15) is 0 Å². The predicted molar refractivity (Wildman–Crippen MR) is 79.9 cm³/mol. The molecule has 1 aliphatic carbocycles. The molecule has 2 rings (SSSR count). The van der Waals surface area contributed by atoms with E-state index >= 15 is 0 Å². The van der Waals surface area contributed by atoms with Crippen LogP contribution in [0.1, 0.15) is 56.6 Å². The van der Waals surface area contributed by atoms with E-state index in [-0.39, 0.29) is 6.61 Å². The molecule has 0 unspecified atom stereocenters. The molecule has 19 heavy (non-hydrogen) atoms. The van der Waals surface area contributed by atoms with Gasteiger partial charge in [0.25, 0.3) is 0 Å². The molecule has 0 saturated heterocycles. The first kappa shape index (κ1) is 14.5. The summed E-state index contributed by atoms with van der Waals surface area (Å²) in [5, 5.41) is 12.7. The molecule has 0 radical (unpaired) electrons. The molecular weight excluding hydrogens is 234 g/mol. The summed E-state index contributed by atoms with van der Waals surface area (Å²) in [6.45, 7) is 3.38. The number of aliphatic hydroxyl groups is 1. The number of benzene rings is 1. The minimum atomic E-state index is 0.134. The molecule has 1 fully saturated rings. The molecule has 1 aromatic carbocycles. The highest BCUT2D eigenvalue weighted by atomic mass is 16.3. The fourth-order valence-electron chi connectivity index (χ4n) is 3.09. The van der Waals surface area contributed by atoms with Crippen LogP contribution in [-0.2, 0) is 13.2 Å². The zero-order valence-corrected chi connectivity index (χ0v) is 12.1. The van der Waals surface area contributed by atoms with Crippen LogP contribution in [-0.4, -0.2) is 11.1 Å². The van der Waals surface area contributed by atoms with E-state index in [1.807, 2.05) is 12.1 Å². The van der Waals surface area contributed by atoms with E-state index in [9.17, 15) is 0 Å². The van der Waals surface area contributed by atoms with Crippen molar-refractivity contribution >= 4 is 0 Å². The molecule has 1 saturated carbocycles. The first-order valence-electron chi connectivity index (χ1n) is 7.74. The lowest BCUT2D eigenvalue weighted by Crippen LogP contribution is -2.32. The monoisotopic (exact) mass is 261 g/mol. The maximum absolute atomic E-state index is 9.02. The van der Waals surface area contributed by atoms with Crippen molar-refractivity contribution in [1.82, 2.24) is 5.32 Å². The summed E-state index contributed by atoms with van der Waals surface area (Å²) in [5.41, 5.74) is 2.30. The van der Waals surface area contributed by atoms with Crippen LogP contribution in [0.25, 0.3) is 0 Å². The lowest BCUT2D eigenvalue weighted by Gasteiger charge is -2.29. The van der Waals surface area contributed by atoms with Crippen molar-refractivity contribution in [1.29, 1.82) is 0 Å². The topological polar surface area (TPSA) is 32.3 Å². The molecule has 106 valence electrons. The standard InChI is InChI=1S/C17H27NO/c1-2-3-14-8-10-17(11-9-14)18-12-15-4-6-16(13-19)7-5-15/h4-7,14,17-19H,2-3,8-13H2,1H3. The zero-order valence-electron chi connectivity index (χ0n) is 12.1. The van der Waals surface area contributed by atoms with Crippen molar-refractivity contribution in [2.45, 2.75) is 64.6 Å². The predicted octanol–water partition coefficient (Wildman–Crippen LogP) is 3.63. The Morgan fingerprint density at radius 1 is 1.05 bits per heavy atom. The number of hydrogen-bond acceptors (Lipinski definition) is 2. The van der Waals surface area contributed by atoms with E-state index in [4.69, 9.17) is 5.11 Å². The molecule has 0 heterocycles. The number of aliphatic hydroxyl groups excluding tert-OH is 1. The van der Waals surface area contributed by atoms with E-state index in [0.717, 1.165) is 18.0 Å². The molecule has 2 heteroatoms. The van der Waals surface area contributed by atoms with Crippen LogP contribution in [0.2, 0.25) is 0 Å². The van der Waals surface area contributed by atoms with Crippen LogP contribution in [0.15, 0.2) is 24.3 Å². The Morgan fingerprint density at radius 2 is 1.68 bits per heavy atom. The number of nitrogens with one attached hydrogen (secondary N) is 1. The molecule has 0 spiro atoms. The van der Waals surface area contributed by atoms with Gasteiger partial charge in [-0.15, -0.1) is 0 Å². The molecule has 1 aliphatic rings. The largest absolute Gasteiger partial charge is 0.392 e. The Morgan fingerprint density at radius 3 is 2.26 bits per heavy atom. The van der Waals surface area contributed by atoms with Crippen LogP contribution in [0.3, 0.4) is 0 Å².